The lowest BCUT2D eigenvalue weighted by atomic mass is 10.1. The Morgan fingerprint density at radius 1 is 1.27 bits per heavy atom. The minimum Gasteiger partial charge on any atom is -0.338 e. The molecule has 82 valence electrons. The standard InChI is InChI=1S/C12H18N2O/c1-3-9-13-12(15)14-11-8-6-5-7-10(11)4-2/h5-8H,3-4,9H2,1-2H3,(H2,13,14,15). The maximum absolute atomic E-state index is 11.4. The molecule has 0 heterocycles. The molecule has 0 aliphatic heterocycles. The van der Waals surface area contributed by atoms with Crippen molar-refractivity contribution in [2.75, 3.05) is 11.9 Å². The third-order valence-electron chi connectivity index (χ3n) is 2.18. The molecule has 2 amide bonds. The van der Waals surface area contributed by atoms with Crippen LogP contribution in [0.25, 0.3) is 0 Å². The first-order chi connectivity index (χ1) is 7.27. The van der Waals surface area contributed by atoms with Gasteiger partial charge in [-0.2, -0.15) is 0 Å². The minimum absolute atomic E-state index is 0.127. The molecule has 0 radical (unpaired) electrons. The number of nitrogens with one attached hydrogen (secondary N) is 2. The van der Waals surface area contributed by atoms with Gasteiger partial charge < -0.3 is 10.6 Å². The molecule has 1 aromatic carbocycles. The number of aryl methyl sites for hydroxylation is 1. The van der Waals surface area contributed by atoms with Gasteiger partial charge in [0.2, 0.25) is 0 Å². The summed E-state index contributed by atoms with van der Waals surface area (Å²) in [4.78, 5) is 11.4. The van der Waals surface area contributed by atoms with Crippen molar-refractivity contribution in [1.82, 2.24) is 5.32 Å². The normalized spacial score (nSPS) is 9.73. The van der Waals surface area contributed by atoms with E-state index in [1.807, 2.05) is 31.2 Å². The Morgan fingerprint density at radius 2 is 2.00 bits per heavy atom. The van der Waals surface area contributed by atoms with Gasteiger partial charge in [0.05, 0.1) is 0 Å². The summed E-state index contributed by atoms with van der Waals surface area (Å²) >= 11 is 0. The lowest BCUT2D eigenvalue weighted by Gasteiger charge is -2.10. The summed E-state index contributed by atoms with van der Waals surface area (Å²) in [5.41, 5.74) is 2.05. The predicted octanol–water partition coefficient (Wildman–Crippen LogP) is 2.78. The minimum atomic E-state index is -0.127. The van der Waals surface area contributed by atoms with Crippen LogP contribution in [0.3, 0.4) is 0 Å². The van der Waals surface area contributed by atoms with Crippen LogP contribution < -0.4 is 10.6 Å². The summed E-state index contributed by atoms with van der Waals surface area (Å²) in [6.45, 7) is 4.81. The second-order valence-corrected chi connectivity index (χ2v) is 3.39. The van der Waals surface area contributed by atoms with Gasteiger partial charge in [-0.05, 0) is 24.5 Å². The molecule has 1 aromatic rings. The third-order valence-corrected chi connectivity index (χ3v) is 2.18. The van der Waals surface area contributed by atoms with Crippen molar-refractivity contribution in [1.29, 1.82) is 0 Å². The number of urea groups is 1. The Morgan fingerprint density at radius 3 is 2.67 bits per heavy atom. The van der Waals surface area contributed by atoms with Crippen molar-refractivity contribution in [2.45, 2.75) is 26.7 Å². The van der Waals surface area contributed by atoms with Crippen LogP contribution in [-0.4, -0.2) is 12.6 Å². The van der Waals surface area contributed by atoms with Gasteiger partial charge in [-0.15, -0.1) is 0 Å². The summed E-state index contributed by atoms with van der Waals surface area (Å²) in [6.07, 6.45) is 1.87. The molecule has 0 aliphatic rings. The number of rotatable bonds is 4. The largest absolute Gasteiger partial charge is 0.338 e. The van der Waals surface area contributed by atoms with Crippen LogP contribution >= 0.6 is 0 Å². The topological polar surface area (TPSA) is 41.1 Å². The van der Waals surface area contributed by atoms with Gasteiger partial charge in [0, 0.05) is 12.2 Å². The quantitative estimate of drug-likeness (QED) is 0.781. The van der Waals surface area contributed by atoms with Crippen LogP contribution in [0, 0.1) is 0 Å². The van der Waals surface area contributed by atoms with Gasteiger partial charge in [-0.3, -0.25) is 0 Å². The van der Waals surface area contributed by atoms with E-state index in [2.05, 4.69) is 17.6 Å². The Labute approximate surface area is 90.9 Å². The second-order valence-electron chi connectivity index (χ2n) is 3.39. The number of carbonyl (C=O) groups is 1. The fourth-order valence-corrected chi connectivity index (χ4v) is 1.36. The summed E-state index contributed by atoms with van der Waals surface area (Å²) < 4.78 is 0. The van der Waals surface area contributed by atoms with Crippen molar-refractivity contribution >= 4 is 11.7 Å². The number of hydrogen-bond acceptors (Lipinski definition) is 1. The lowest BCUT2D eigenvalue weighted by molar-refractivity contribution is 0.252. The van der Waals surface area contributed by atoms with Crippen molar-refractivity contribution in [3.63, 3.8) is 0 Å². The molecular weight excluding hydrogens is 188 g/mol. The second kappa shape index (κ2) is 6.06. The molecule has 0 unspecified atom stereocenters. The third kappa shape index (κ3) is 3.62. The highest BCUT2D eigenvalue weighted by Gasteiger charge is 2.03. The molecule has 3 nitrogen and oxygen atoms in total. The van der Waals surface area contributed by atoms with Crippen molar-refractivity contribution in [2.24, 2.45) is 0 Å². The predicted molar refractivity (Wildman–Crippen MR) is 63.1 cm³/mol. The molecule has 0 saturated heterocycles. The molecule has 0 bridgehead atoms. The zero-order chi connectivity index (χ0) is 11.1. The highest BCUT2D eigenvalue weighted by atomic mass is 16.2. The van der Waals surface area contributed by atoms with Crippen LogP contribution in [0.1, 0.15) is 25.8 Å². The molecule has 1 rings (SSSR count). The van der Waals surface area contributed by atoms with Crippen LogP contribution in [0.15, 0.2) is 24.3 Å². The number of hydrogen-bond donors (Lipinski definition) is 2. The first kappa shape index (κ1) is 11.6. The SMILES string of the molecule is CCCNC(=O)Nc1ccccc1CC. The first-order valence-electron chi connectivity index (χ1n) is 5.40. The van der Waals surface area contributed by atoms with Crippen LogP contribution in [0.4, 0.5) is 10.5 Å². The Kier molecular flexibility index (Phi) is 4.68. The molecule has 0 fully saturated rings. The average molecular weight is 206 g/mol. The van der Waals surface area contributed by atoms with Gasteiger partial charge >= 0.3 is 6.03 Å². The van der Waals surface area contributed by atoms with E-state index in [4.69, 9.17) is 0 Å². The summed E-state index contributed by atoms with van der Waals surface area (Å²) in [5.74, 6) is 0. The first-order valence-corrected chi connectivity index (χ1v) is 5.40. The van der Waals surface area contributed by atoms with Gasteiger partial charge in [0.25, 0.3) is 0 Å². The molecule has 0 saturated carbocycles. The summed E-state index contributed by atoms with van der Waals surface area (Å²) in [5, 5.41) is 5.63. The number of amides is 2. The highest BCUT2D eigenvalue weighted by Crippen LogP contribution is 2.14. The zero-order valence-corrected chi connectivity index (χ0v) is 9.34. The van der Waals surface area contributed by atoms with Gasteiger partial charge in [-0.1, -0.05) is 32.0 Å². The number of anilines is 1. The highest BCUT2D eigenvalue weighted by molar-refractivity contribution is 5.90. The van der Waals surface area contributed by atoms with Gasteiger partial charge in [-0.25, -0.2) is 4.79 Å². The fourth-order valence-electron chi connectivity index (χ4n) is 1.36. The molecule has 3 heteroatoms. The molecule has 2 N–H and O–H groups in total. The smallest absolute Gasteiger partial charge is 0.319 e. The van der Waals surface area contributed by atoms with Crippen molar-refractivity contribution < 1.29 is 4.79 Å². The van der Waals surface area contributed by atoms with Crippen molar-refractivity contribution in [3.8, 4) is 0 Å². The molecule has 0 spiro atoms. The molecule has 0 aliphatic carbocycles. The monoisotopic (exact) mass is 206 g/mol. The van der Waals surface area contributed by atoms with E-state index in [9.17, 15) is 4.79 Å². The van der Waals surface area contributed by atoms with Crippen LogP contribution in [-0.2, 0) is 6.42 Å². The van der Waals surface area contributed by atoms with E-state index in [0.717, 1.165) is 24.1 Å². The number of para-hydroxylation sites is 1. The number of benzene rings is 1. The maximum atomic E-state index is 11.4. The maximum Gasteiger partial charge on any atom is 0.319 e. The van der Waals surface area contributed by atoms with E-state index < -0.39 is 0 Å². The zero-order valence-electron chi connectivity index (χ0n) is 9.34. The summed E-state index contributed by atoms with van der Waals surface area (Å²) in [7, 11) is 0. The molecule has 15 heavy (non-hydrogen) atoms. The Bertz CT molecular complexity index is 323. The number of carbonyl (C=O) groups excluding carboxylic acids is 1. The van der Waals surface area contributed by atoms with E-state index in [1.165, 1.54) is 0 Å². The van der Waals surface area contributed by atoms with Gasteiger partial charge in [0.1, 0.15) is 0 Å². The fraction of sp³-hybridized carbons (Fsp3) is 0.417. The van der Waals surface area contributed by atoms with E-state index in [1.54, 1.807) is 0 Å². The Hall–Kier alpha value is -1.51. The van der Waals surface area contributed by atoms with Gasteiger partial charge in [0.15, 0.2) is 0 Å². The van der Waals surface area contributed by atoms with E-state index >= 15 is 0 Å². The molecule has 0 aromatic heterocycles. The van der Waals surface area contributed by atoms with Crippen molar-refractivity contribution in [3.05, 3.63) is 29.8 Å². The molecule has 0 atom stereocenters. The average Bonchev–Trinajstić information content (AvgIpc) is 2.27. The summed E-state index contributed by atoms with van der Waals surface area (Å²) in [6, 6.07) is 7.72. The molecular formula is C12H18N2O. The Balaban J connectivity index is 2.59. The van der Waals surface area contributed by atoms with E-state index in [-0.39, 0.29) is 6.03 Å². The van der Waals surface area contributed by atoms with E-state index in [0.29, 0.717) is 6.54 Å². The van der Waals surface area contributed by atoms with Crippen LogP contribution in [0.2, 0.25) is 0 Å². The van der Waals surface area contributed by atoms with Crippen LogP contribution in [0.5, 0.6) is 0 Å². The lowest BCUT2D eigenvalue weighted by Crippen LogP contribution is -2.29.